The van der Waals surface area contributed by atoms with Crippen molar-refractivity contribution in [2.24, 2.45) is 18.9 Å². The summed E-state index contributed by atoms with van der Waals surface area (Å²) in [6, 6.07) is 14.1. The normalized spacial score (nSPS) is 19.4. The van der Waals surface area contributed by atoms with Gasteiger partial charge in [-0.3, -0.25) is 9.48 Å². The van der Waals surface area contributed by atoms with Crippen molar-refractivity contribution in [2.75, 3.05) is 18.0 Å². The summed E-state index contributed by atoms with van der Waals surface area (Å²) in [5.74, 6) is 1.59. The minimum atomic E-state index is -0.104. The number of anilines is 1. The van der Waals surface area contributed by atoms with Gasteiger partial charge in [-0.1, -0.05) is 23.7 Å². The molecule has 9 nitrogen and oxygen atoms in total. The lowest BCUT2D eigenvalue weighted by molar-refractivity contribution is 0.0946. The maximum Gasteiger partial charge on any atom is 0.253 e. The van der Waals surface area contributed by atoms with Gasteiger partial charge in [0.05, 0.1) is 34.1 Å². The number of aromatic nitrogens is 5. The van der Waals surface area contributed by atoms with Gasteiger partial charge in [-0.2, -0.15) is 15.5 Å². The van der Waals surface area contributed by atoms with Crippen LogP contribution in [0.3, 0.4) is 0 Å². The second-order valence-electron chi connectivity index (χ2n) is 10.6. The van der Waals surface area contributed by atoms with Crippen LogP contribution in [0.25, 0.3) is 27.8 Å². The van der Waals surface area contributed by atoms with Gasteiger partial charge in [-0.05, 0) is 36.8 Å². The second kappa shape index (κ2) is 9.21. The lowest BCUT2D eigenvalue weighted by Gasteiger charge is -2.22. The largest absolute Gasteiger partial charge is 0.356 e. The number of nitriles is 1. The maximum atomic E-state index is 12.9. The van der Waals surface area contributed by atoms with Crippen molar-refractivity contribution in [2.45, 2.75) is 13.0 Å². The Bertz CT molecular complexity index is 1800. The van der Waals surface area contributed by atoms with Gasteiger partial charge in [0.2, 0.25) is 0 Å². The Morgan fingerprint density at radius 2 is 1.88 bits per heavy atom. The number of benzene rings is 1. The van der Waals surface area contributed by atoms with Gasteiger partial charge in [-0.25, -0.2) is 9.50 Å². The number of fused-ring (bicyclic) bond motifs is 2. The molecule has 10 heteroatoms. The van der Waals surface area contributed by atoms with E-state index in [4.69, 9.17) is 16.6 Å². The maximum absolute atomic E-state index is 12.9. The molecular weight excluding hydrogens is 524 g/mol. The van der Waals surface area contributed by atoms with Gasteiger partial charge >= 0.3 is 0 Å². The number of amides is 1. The topological polar surface area (TPSA) is 104 Å². The number of carbonyl (C=O) groups is 1. The molecule has 1 saturated heterocycles. The predicted octanol–water partition coefficient (Wildman–Crippen LogP) is 4.49. The summed E-state index contributed by atoms with van der Waals surface area (Å²) < 4.78 is 3.50. The van der Waals surface area contributed by atoms with Crippen molar-refractivity contribution in [3.63, 3.8) is 0 Å². The summed E-state index contributed by atoms with van der Waals surface area (Å²) >= 11 is 6.29. The van der Waals surface area contributed by atoms with Crippen LogP contribution < -0.4 is 10.2 Å². The summed E-state index contributed by atoms with van der Waals surface area (Å²) in [6.07, 6.45) is 9.12. The van der Waals surface area contributed by atoms with E-state index in [1.165, 1.54) is 0 Å². The second-order valence-corrected chi connectivity index (χ2v) is 11.0. The first-order chi connectivity index (χ1) is 19.4. The molecule has 1 aliphatic carbocycles. The molecule has 0 bridgehead atoms. The van der Waals surface area contributed by atoms with Crippen molar-refractivity contribution in [3.05, 3.63) is 89.1 Å². The number of piperidine rings is 1. The zero-order chi connectivity index (χ0) is 27.5. The third kappa shape index (κ3) is 4.00. The van der Waals surface area contributed by atoms with E-state index < -0.39 is 0 Å². The van der Waals surface area contributed by atoms with E-state index in [9.17, 15) is 10.1 Å². The number of halogens is 1. The van der Waals surface area contributed by atoms with E-state index in [-0.39, 0.29) is 11.9 Å². The number of hydrogen-bond acceptors (Lipinski definition) is 6. The number of nitrogens with zero attached hydrogens (tertiary/aromatic N) is 7. The molecule has 4 aromatic heterocycles. The molecule has 2 unspecified atom stereocenters. The van der Waals surface area contributed by atoms with Crippen LogP contribution in [-0.2, 0) is 7.05 Å². The minimum Gasteiger partial charge on any atom is -0.356 e. The molecule has 7 rings (SSSR count). The number of rotatable bonds is 5. The highest BCUT2D eigenvalue weighted by molar-refractivity contribution is 6.34. The van der Waals surface area contributed by atoms with Gasteiger partial charge in [0.15, 0.2) is 0 Å². The fourth-order valence-electron chi connectivity index (χ4n) is 5.95. The van der Waals surface area contributed by atoms with Crippen LogP contribution >= 0.6 is 11.6 Å². The Morgan fingerprint density at radius 3 is 2.55 bits per heavy atom. The van der Waals surface area contributed by atoms with E-state index in [2.05, 4.69) is 32.5 Å². The molecule has 5 heterocycles. The Labute approximate surface area is 235 Å². The molecule has 1 amide bonds. The average Bonchev–Trinajstić information content (AvgIpc) is 3.40. The van der Waals surface area contributed by atoms with E-state index >= 15 is 0 Å². The summed E-state index contributed by atoms with van der Waals surface area (Å²) in [4.78, 5) is 19.9. The van der Waals surface area contributed by atoms with Gasteiger partial charge in [0, 0.05) is 78.9 Å². The number of pyridine rings is 2. The third-order valence-electron chi connectivity index (χ3n) is 8.09. The van der Waals surface area contributed by atoms with E-state index in [0.29, 0.717) is 28.0 Å². The highest BCUT2D eigenvalue weighted by atomic mass is 35.5. The molecule has 1 aromatic carbocycles. The Hall–Kier alpha value is -4.68. The van der Waals surface area contributed by atoms with Gasteiger partial charge in [0.25, 0.3) is 5.91 Å². The molecule has 1 aliphatic heterocycles. The van der Waals surface area contributed by atoms with Crippen molar-refractivity contribution in [3.8, 4) is 28.3 Å². The van der Waals surface area contributed by atoms with E-state index in [0.717, 1.165) is 52.2 Å². The van der Waals surface area contributed by atoms with Crippen LogP contribution in [0.2, 0.25) is 5.02 Å². The Balaban J connectivity index is 1.10. The molecule has 2 atom stereocenters. The van der Waals surface area contributed by atoms with Crippen LogP contribution in [0.5, 0.6) is 0 Å². The lowest BCUT2D eigenvalue weighted by Crippen LogP contribution is -2.35. The lowest BCUT2D eigenvalue weighted by atomic mass is 10.0. The summed E-state index contributed by atoms with van der Waals surface area (Å²) in [5.41, 5.74) is 6.40. The first-order valence-electron chi connectivity index (χ1n) is 13.1. The zero-order valence-electron chi connectivity index (χ0n) is 21.9. The van der Waals surface area contributed by atoms with Crippen molar-refractivity contribution in [1.82, 2.24) is 29.7 Å². The standard InChI is InChI=1S/C30H25ClN8O/c1-17-4-3-5-25(31)27(17)30(40)36-28-23-15-38(16-24(23)28)26-7-6-18(10-33-26)22-8-19(21-12-34-37(2)13-21)14-39-29(22)20(9-32)11-35-39/h3-8,10-14,23-24,28H,15-16H2,1-2H3,(H,36,40). The van der Waals surface area contributed by atoms with Crippen molar-refractivity contribution >= 4 is 28.8 Å². The van der Waals surface area contributed by atoms with Gasteiger partial charge in [0.1, 0.15) is 11.9 Å². The predicted molar refractivity (Wildman–Crippen MR) is 152 cm³/mol. The Morgan fingerprint density at radius 1 is 1.05 bits per heavy atom. The van der Waals surface area contributed by atoms with Crippen LogP contribution in [-0.4, -0.2) is 49.4 Å². The molecule has 1 saturated carbocycles. The van der Waals surface area contributed by atoms with Crippen LogP contribution in [0.15, 0.2) is 67.4 Å². The first kappa shape index (κ1) is 24.4. The van der Waals surface area contributed by atoms with Crippen molar-refractivity contribution < 1.29 is 4.79 Å². The summed E-state index contributed by atoms with van der Waals surface area (Å²) in [5, 5.41) is 22.1. The van der Waals surface area contributed by atoms with Crippen LogP contribution in [0.4, 0.5) is 5.82 Å². The molecule has 0 radical (unpaired) electrons. The fraction of sp³-hybridized carbons (Fsp3) is 0.233. The molecule has 5 aromatic rings. The van der Waals surface area contributed by atoms with Crippen molar-refractivity contribution in [1.29, 1.82) is 5.26 Å². The molecule has 2 fully saturated rings. The molecule has 0 spiro atoms. The number of carbonyl (C=O) groups excluding carboxylic acids is 1. The molecule has 1 N–H and O–H groups in total. The van der Waals surface area contributed by atoms with Crippen LogP contribution in [0, 0.1) is 30.1 Å². The monoisotopic (exact) mass is 548 g/mol. The fourth-order valence-corrected chi connectivity index (χ4v) is 6.26. The first-order valence-corrected chi connectivity index (χ1v) is 13.5. The molecule has 198 valence electrons. The van der Waals surface area contributed by atoms with Gasteiger partial charge in [-0.15, -0.1) is 0 Å². The quantitative estimate of drug-likeness (QED) is 0.347. The smallest absolute Gasteiger partial charge is 0.253 e. The average molecular weight is 549 g/mol. The zero-order valence-corrected chi connectivity index (χ0v) is 22.7. The highest BCUT2D eigenvalue weighted by Gasteiger charge is 2.56. The SMILES string of the molecule is Cc1cccc(Cl)c1C(=O)NC1C2CN(c3ccc(-c4cc(-c5cnn(C)c5)cn5ncc(C#N)c45)cn3)CC21. The number of nitrogens with one attached hydrogen (secondary N) is 1. The third-order valence-corrected chi connectivity index (χ3v) is 8.41. The Kier molecular flexibility index (Phi) is 5.61. The van der Waals surface area contributed by atoms with Crippen LogP contribution in [0.1, 0.15) is 21.5 Å². The summed E-state index contributed by atoms with van der Waals surface area (Å²) in [6.45, 7) is 3.58. The highest BCUT2D eigenvalue weighted by Crippen LogP contribution is 2.47. The molecule has 40 heavy (non-hydrogen) atoms. The van der Waals surface area contributed by atoms with E-state index in [1.807, 2.05) is 63.0 Å². The number of hydrogen-bond donors (Lipinski definition) is 1. The van der Waals surface area contributed by atoms with Gasteiger partial charge < -0.3 is 10.2 Å². The molecular formula is C30H25ClN8O. The van der Waals surface area contributed by atoms with E-state index in [1.54, 1.807) is 21.5 Å². The molecule has 2 aliphatic rings. The number of aryl methyl sites for hydroxylation is 2. The summed E-state index contributed by atoms with van der Waals surface area (Å²) in [7, 11) is 1.88. The minimum absolute atomic E-state index is 0.104.